The van der Waals surface area contributed by atoms with Gasteiger partial charge in [-0.05, 0) is 54.9 Å². The van der Waals surface area contributed by atoms with Crippen LogP contribution >= 0.6 is 15.9 Å². The maximum atomic E-state index is 12.2. The molecule has 2 rings (SSSR count). The average Bonchev–Trinajstić information content (AvgIpc) is 2.81. The zero-order chi connectivity index (χ0) is 13.9. The molecular formula is C12H18BrN3O2S. The van der Waals surface area contributed by atoms with Crippen LogP contribution in [0.5, 0.6) is 0 Å². The Morgan fingerprint density at radius 2 is 2.11 bits per heavy atom. The summed E-state index contributed by atoms with van der Waals surface area (Å²) in [7, 11) is -3.49. The van der Waals surface area contributed by atoms with Gasteiger partial charge in [0.15, 0.2) is 0 Å². The Labute approximate surface area is 122 Å². The smallest absolute Gasteiger partial charge is 0.242 e. The van der Waals surface area contributed by atoms with Crippen LogP contribution in [0.4, 0.5) is 0 Å². The lowest BCUT2D eigenvalue weighted by Gasteiger charge is -2.21. The highest BCUT2D eigenvalue weighted by Crippen LogP contribution is 2.15. The molecule has 0 aromatic carbocycles. The number of hydrogen-bond acceptors (Lipinski definition) is 4. The maximum Gasteiger partial charge on any atom is 0.242 e. The molecule has 7 heteroatoms. The van der Waals surface area contributed by atoms with E-state index < -0.39 is 10.0 Å². The van der Waals surface area contributed by atoms with Crippen molar-refractivity contribution in [1.29, 1.82) is 0 Å². The van der Waals surface area contributed by atoms with E-state index in [-0.39, 0.29) is 10.9 Å². The second-order valence-electron chi connectivity index (χ2n) is 4.87. The highest BCUT2D eigenvalue weighted by atomic mass is 79.9. The third-order valence-electron chi connectivity index (χ3n) is 3.08. The van der Waals surface area contributed by atoms with Gasteiger partial charge >= 0.3 is 0 Å². The van der Waals surface area contributed by atoms with Crippen LogP contribution in [-0.4, -0.2) is 44.0 Å². The third kappa shape index (κ3) is 4.24. The Kier molecular flexibility index (Phi) is 4.94. The molecule has 0 amide bonds. The van der Waals surface area contributed by atoms with E-state index in [2.05, 4.69) is 30.5 Å². The fourth-order valence-electron chi connectivity index (χ4n) is 2.26. The molecule has 0 radical (unpaired) electrons. The van der Waals surface area contributed by atoms with Crippen molar-refractivity contribution in [1.82, 2.24) is 14.6 Å². The zero-order valence-corrected chi connectivity index (χ0v) is 13.2. The van der Waals surface area contributed by atoms with Gasteiger partial charge in [-0.2, -0.15) is 0 Å². The van der Waals surface area contributed by atoms with Crippen molar-refractivity contribution in [2.45, 2.75) is 30.7 Å². The number of pyridine rings is 1. The summed E-state index contributed by atoms with van der Waals surface area (Å²) in [6.07, 6.45) is 5.33. The first-order valence-electron chi connectivity index (χ1n) is 6.32. The van der Waals surface area contributed by atoms with Crippen molar-refractivity contribution in [3.8, 4) is 0 Å². The minimum Gasteiger partial charge on any atom is -0.302 e. The van der Waals surface area contributed by atoms with Crippen LogP contribution in [0.15, 0.2) is 27.8 Å². The summed E-state index contributed by atoms with van der Waals surface area (Å²) >= 11 is 3.23. The van der Waals surface area contributed by atoms with Gasteiger partial charge in [-0.1, -0.05) is 0 Å². The minimum absolute atomic E-state index is 0.109. The molecule has 0 saturated carbocycles. The molecule has 0 spiro atoms. The number of nitrogens with zero attached hydrogens (tertiary/aromatic N) is 2. The summed E-state index contributed by atoms with van der Waals surface area (Å²) in [5.41, 5.74) is 0. The molecule has 1 aliphatic heterocycles. The van der Waals surface area contributed by atoms with Gasteiger partial charge < -0.3 is 4.90 Å². The van der Waals surface area contributed by atoms with Crippen molar-refractivity contribution < 1.29 is 8.42 Å². The Bertz CT molecular complexity index is 530. The van der Waals surface area contributed by atoms with E-state index >= 15 is 0 Å². The van der Waals surface area contributed by atoms with Crippen molar-refractivity contribution in [2.24, 2.45) is 0 Å². The number of sulfonamides is 1. The standard InChI is InChI=1S/C12H18BrN3O2S/c1-10(9-16-4-2-3-5-16)15-19(17,18)12-6-11(13)7-14-8-12/h6-8,10,15H,2-5,9H2,1H3. The quantitative estimate of drug-likeness (QED) is 0.878. The third-order valence-corrected chi connectivity index (χ3v) is 5.07. The second kappa shape index (κ2) is 6.30. The average molecular weight is 348 g/mol. The molecule has 5 nitrogen and oxygen atoms in total. The highest BCUT2D eigenvalue weighted by molar-refractivity contribution is 9.10. The first-order chi connectivity index (χ1) is 8.97. The van der Waals surface area contributed by atoms with E-state index in [1.54, 1.807) is 12.3 Å². The van der Waals surface area contributed by atoms with Crippen molar-refractivity contribution >= 4 is 26.0 Å². The largest absolute Gasteiger partial charge is 0.302 e. The van der Waals surface area contributed by atoms with E-state index in [1.807, 2.05) is 6.92 Å². The molecule has 1 aromatic heterocycles. The van der Waals surface area contributed by atoms with Gasteiger partial charge in [0.25, 0.3) is 0 Å². The van der Waals surface area contributed by atoms with E-state index in [0.717, 1.165) is 19.6 Å². The Morgan fingerprint density at radius 1 is 1.42 bits per heavy atom. The Morgan fingerprint density at radius 3 is 2.74 bits per heavy atom. The normalized spacial score (nSPS) is 18.6. The molecule has 106 valence electrons. The van der Waals surface area contributed by atoms with Gasteiger partial charge in [-0.25, -0.2) is 13.1 Å². The van der Waals surface area contributed by atoms with Crippen molar-refractivity contribution in [3.05, 3.63) is 22.9 Å². The molecule has 1 N–H and O–H groups in total. The highest BCUT2D eigenvalue weighted by Gasteiger charge is 2.21. The first kappa shape index (κ1) is 14.9. The molecule has 2 heterocycles. The summed E-state index contributed by atoms with van der Waals surface area (Å²) in [4.78, 5) is 6.36. The lowest BCUT2D eigenvalue weighted by atomic mass is 10.3. The lowest BCUT2D eigenvalue weighted by molar-refractivity contribution is 0.313. The number of hydrogen-bond donors (Lipinski definition) is 1. The molecule has 1 saturated heterocycles. The second-order valence-corrected chi connectivity index (χ2v) is 7.50. The first-order valence-corrected chi connectivity index (χ1v) is 8.60. The van der Waals surface area contributed by atoms with Gasteiger partial charge in [-0.3, -0.25) is 4.98 Å². The van der Waals surface area contributed by atoms with Crippen LogP contribution in [0, 0.1) is 0 Å². The Hall–Kier alpha value is -0.500. The molecular weight excluding hydrogens is 330 g/mol. The van der Waals surface area contributed by atoms with Crippen LogP contribution < -0.4 is 4.72 Å². The van der Waals surface area contributed by atoms with Gasteiger partial charge in [0, 0.05) is 29.5 Å². The number of halogens is 1. The zero-order valence-electron chi connectivity index (χ0n) is 10.8. The predicted molar refractivity (Wildman–Crippen MR) is 77.4 cm³/mol. The maximum absolute atomic E-state index is 12.2. The van der Waals surface area contributed by atoms with Crippen LogP contribution in [0.3, 0.4) is 0 Å². The fourth-order valence-corrected chi connectivity index (χ4v) is 4.00. The van der Waals surface area contributed by atoms with Crippen LogP contribution in [0.25, 0.3) is 0 Å². The minimum atomic E-state index is -3.49. The van der Waals surface area contributed by atoms with Crippen molar-refractivity contribution in [3.63, 3.8) is 0 Å². The summed E-state index contributed by atoms with van der Waals surface area (Å²) in [5.74, 6) is 0. The van der Waals surface area contributed by atoms with Crippen molar-refractivity contribution in [2.75, 3.05) is 19.6 Å². The number of nitrogens with one attached hydrogen (secondary N) is 1. The van der Waals surface area contributed by atoms with Gasteiger partial charge in [0.2, 0.25) is 10.0 Å². The molecule has 0 bridgehead atoms. The lowest BCUT2D eigenvalue weighted by Crippen LogP contribution is -2.41. The van der Waals surface area contributed by atoms with Gasteiger partial charge in [0.1, 0.15) is 4.90 Å². The van der Waals surface area contributed by atoms with Crippen LogP contribution in [0.2, 0.25) is 0 Å². The predicted octanol–water partition coefficient (Wildman–Crippen LogP) is 1.61. The van der Waals surface area contributed by atoms with E-state index in [0.29, 0.717) is 4.47 Å². The molecule has 1 aliphatic rings. The molecule has 1 aromatic rings. The van der Waals surface area contributed by atoms with Gasteiger partial charge in [-0.15, -0.1) is 0 Å². The molecule has 0 aliphatic carbocycles. The monoisotopic (exact) mass is 347 g/mol. The van der Waals surface area contributed by atoms with Gasteiger partial charge in [0.05, 0.1) is 0 Å². The number of rotatable bonds is 5. The van der Waals surface area contributed by atoms with Crippen LogP contribution in [-0.2, 0) is 10.0 Å². The van der Waals surface area contributed by atoms with E-state index in [1.165, 1.54) is 19.0 Å². The summed E-state index contributed by atoms with van der Waals surface area (Å²) in [5, 5.41) is 0. The topological polar surface area (TPSA) is 62.3 Å². The summed E-state index contributed by atoms with van der Waals surface area (Å²) < 4.78 is 27.7. The molecule has 19 heavy (non-hydrogen) atoms. The molecule has 1 unspecified atom stereocenters. The van der Waals surface area contributed by atoms with E-state index in [9.17, 15) is 8.42 Å². The summed E-state index contributed by atoms with van der Waals surface area (Å²) in [6, 6.07) is 1.44. The van der Waals surface area contributed by atoms with E-state index in [4.69, 9.17) is 0 Å². The fraction of sp³-hybridized carbons (Fsp3) is 0.583. The molecule has 1 atom stereocenters. The number of aromatic nitrogens is 1. The summed E-state index contributed by atoms with van der Waals surface area (Å²) in [6.45, 7) is 4.76. The number of likely N-dealkylation sites (tertiary alicyclic amines) is 1. The molecule has 1 fully saturated rings. The van der Waals surface area contributed by atoms with Crippen LogP contribution in [0.1, 0.15) is 19.8 Å². The Balaban J connectivity index is 2.00. The SMILES string of the molecule is CC(CN1CCCC1)NS(=O)(=O)c1cncc(Br)c1.